The Bertz CT molecular complexity index is 180. The van der Waals surface area contributed by atoms with E-state index in [1.54, 1.807) is 0 Å². The van der Waals surface area contributed by atoms with Crippen molar-refractivity contribution in [3.8, 4) is 0 Å². The number of hydrogen-bond donors (Lipinski definition) is 3. The monoisotopic (exact) mass is 186 g/mol. The van der Waals surface area contributed by atoms with Gasteiger partial charge in [0.25, 0.3) is 0 Å². The molecule has 74 valence electrons. The van der Waals surface area contributed by atoms with Crippen molar-refractivity contribution in [2.45, 2.75) is 12.6 Å². The van der Waals surface area contributed by atoms with Crippen LogP contribution in [0.1, 0.15) is 6.42 Å². The van der Waals surface area contributed by atoms with Gasteiger partial charge in [-0.15, -0.1) is 6.58 Å². The van der Waals surface area contributed by atoms with Crippen LogP contribution < -0.4 is 11.1 Å². The highest BCUT2D eigenvalue weighted by Crippen LogP contribution is 1.86. The van der Waals surface area contributed by atoms with Crippen molar-refractivity contribution < 1.29 is 14.7 Å². The van der Waals surface area contributed by atoms with Crippen LogP contribution >= 0.6 is 0 Å². The van der Waals surface area contributed by atoms with Crippen molar-refractivity contribution in [2.75, 3.05) is 0 Å². The fourth-order valence-electron chi connectivity index (χ4n) is 0.440. The van der Waals surface area contributed by atoms with Gasteiger partial charge in [0.2, 0.25) is 12.3 Å². The van der Waals surface area contributed by atoms with Gasteiger partial charge in [-0.3, -0.25) is 9.59 Å². The van der Waals surface area contributed by atoms with Crippen molar-refractivity contribution in [2.24, 2.45) is 5.73 Å². The molecule has 0 aliphatic carbocycles. The van der Waals surface area contributed by atoms with Crippen LogP contribution in [0.15, 0.2) is 25.3 Å². The molecule has 0 radical (unpaired) electrons. The summed E-state index contributed by atoms with van der Waals surface area (Å²) in [4.78, 5) is 19.1. The lowest BCUT2D eigenvalue weighted by atomic mass is 10.4. The summed E-state index contributed by atoms with van der Waals surface area (Å²) in [6, 6.07) is 0. The smallest absolute Gasteiger partial charge is 0.245 e. The summed E-state index contributed by atoms with van der Waals surface area (Å²) < 4.78 is 0. The van der Waals surface area contributed by atoms with Crippen LogP contribution in [0.4, 0.5) is 0 Å². The van der Waals surface area contributed by atoms with Crippen LogP contribution in [0.5, 0.6) is 0 Å². The molecule has 5 nitrogen and oxygen atoms in total. The van der Waals surface area contributed by atoms with Crippen molar-refractivity contribution >= 4 is 12.3 Å². The summed E-state index contributed by atoms with van der Waals surface area (Å²) in [6.45, 7) is 6.62. The standard InChI is InChI=1S/C7H11NO2.CH3NO/c1-3-5-7(10)8-6(9)4-2;2-1-3/h3-4,7,10H,1-2,5H2,(H,8,9);1H,(H2,2,3). The van der Waals surface area contributed by atoms with Crippen LogP contribution in [0.2, 0.25) is 0 Å². The van der Waals surface area contributed by atoms with Crippen LogP contribution in [-0.4, -0.2) is 23.7 Å². The number of nitrogens with two attached hydrogens (primary N) is 1. The summed E-state index contributed by atoms with van der Waals surface area (Å²) in [5.74, 6) is -0.380. The van der Waals surface area contributed by atoms with Gasteiger partial charge in [0.15, 0.2) is 0 Å². The number of primary amides is 1. The molecular weight excluding hydrogens is 172 g/mol. The SMILES string of the molecule is C=CCC(O)NC(=O)C=C.NC=O. The molecule has 0 saturated carbocycles. The quantitative estimate of drug-likeness (QED) is 0.234. The number of carbonyl (C=O) groups excluding carboxylic acids is 2. The van der Waals surface area contributed by atoms with E-state index in [4.69, 9.17) is 9.90 Å². The minimum Gasteiger partial charge on any atom is -0.373 e. The highest BCUT2D eigenvalue weighted by Gasteiger charge is 2.01. The number of aliphatic hydroxyl groups excluding tert-OH is 1. The van der Waals surface area contributed by atoms with E-state index >= 15 is 0 Å². The predicted octanol–water partition coefficient (Wildman–Crippen LogP) is -0.715. The van der Waals surface area contributed by atoms with Gasteiger partial charge in [-0.1, -0.05) is 12.7 Å². The molecule has 0 aliphatic rings. The Morgan fingerprint density at radius 2 is 2.08 bits per heavy atom. The van der Waals surface area contributed by atoms with Crippen LogP contribution in [0, 0.1) is 0 Å². The molecule has 13 heavy (non-hydrogen) atoms. The molecule has 0 bridgehead atoms. The first-order valence-electron chi connectivity index (χ1n) is 3.49. The first-order valence-corrected chi connectivity index (χ1v) is 3.49. The van der Waals surface area contributed by atoms with Crippen molar-refractivity contribution in [1.29, 1.82) is 0 Å². The highest BCUT2D eigenvalue weighted by molar-refractivity contribution is 5.86. The number of aliphatic hydroxyl groups is 1. The Kier molecular flexibility index (Phi) is 11.1. The fourth-order valence-corrected chi connectivity index (χ4v) is 0.440. The second kappa shape index (κ2) is 10.4. The Morgan fingerprint density at radius 1 is 1.62 bits per heavy atom. The summed E-state index contributed by atoms with van der Waals surface area (Å²) in [7, 11) is 0. The average Bonchev–Trinajstić information content (AvgIpc) is 2.06. The second-order valence-electron chi connectivity index (χ2n) is 1.89. The number of nitrogens with one attached hydrogen (secondary N) is 1. The summed E-state index contributed by atoms with van der Waals surface area (Å²) in [6.07, 6.45) is 2.38. The Morgan fingerprint density at radius 3 is 2.38 bits per heavy atom. The van der Waals surface area contributed by atoms with E-state index < -0.39 is 6.23 Å². The fraction of sp³-hybridized carbons (Fsp3) is 0.250. The second-order valence-corrected chi connectivity index (χ2v) is 1.89. The molecule has 1 unspecified atom stereocenters. The van der Waals surface area contributed by atoms with E-state index in [1.165, 1.54) is 6.08 Å². The molecule has 5 heteroatoms. The Labute approximate surface area is 76.9 Å². The molecule has 4 N–H and O–H groups in total. The third-order valence-electron chi connectivity index (χ3n) is 0.884. The van der Waals surface area contributed by atoms with Crippen molar-refractivity contribution in [1.82, 2.24) is 5.32 Å². The molecule has 0 aromatic carbocycles. The molecule has 0 heterocycles. The number of rotatable bonds is 4. The van der Waals surface area contributed by atoms with Gasteiger partial charge in [0, 0.05) is 6.42 Å². The molecule has 0 spiro atoms. The lowest BCUT2D eigenvalue weighted by molar-refractivity contribution is -0.119. The third kappa shape index (κ3) is 13.4. The maximum atomic E-state index is 10.5. The molecule has 0 aliphatic heterocycles. The maximum absolute atomic E-state index is 10.5. The van der Waals surface area contributed by atoms with E-state index in [0.29, 0.717) is 6.42 Å². The lowest BCUT2D eigenvalue weighted by Crippen LogP contribution is -2.32. The third-order valence-corrected chi connectivity index (χ3v) is 0.884. The van der Waals surface area contributed by atoms with E-state index in [1.807, 2.05) is 0 Å². The van der Waals surface area contributed by atoms with E-state index in [0.717, 1.165) is 6.08 Å². The zero-order chi connectivity index (χ0) is 10.7. The Hall–Kier alpha value is -1.62. The van der Waals surface area contributed by atoms with Crippen LogP contribution in [0.25, 0.3) is 0 Å². The van der Waals surface area contributed by atoms with Crippen molar-refractivity contribution in [3.63, 3.8) is 0 Å². The van der Waals surface area contributed by atoms with Gasteiger partial charge in [-0.2, -0.15) is 0 Å². The van der Waals surface area contributed by atoms with Gasteiger partial charge < -0.3 is 16.2 Å². The molecule has 0 rings (SSSR count). The molecule has 0 fully saturated rings. The molecule has 0 aromatic rings. The lowest BCUT2D eigenvalue weighted by Gasteiger charge is -2.07. The number of hydrogen-bond acceptors (Lipinski definition) is 3. The van der Waals surface area contributed by atoms with E-state index in [-0.39, 0.29) is 12.3 Å². The molecule has 0 saturated heterocycles. The average molecular weight is 186 g/mol. The zero-order valence-corrected chi connectivity index (χ0v) is 7.27. The van der Waals surface area contributed by atoms with Gasteiger partial charge in [0.1, 0.15) is 6.23 Å². The zero-order valence-electron chi connectivity index (χ0n) is 7.27. The van der Waals surface area contributed by atoms with Gasteiger partial charge in [0.05, 0.1) is 0 Å². The van der Waals surface area contributed by atoms with E-state index in [9.17, 15) is 4.79 Å². The first-order chi connectivity index (χ1) is 6.12. The number of amides is 2. The summed E-state index contributed by atoms with van der Waals surface area (Å²) >= 11 is 0. The molecular formula is C8H14N2O3. The van der Waals surface area contributed by atoms with Crippen LogP contribution in [0.3, 0.4) is 0 Å². The minimum absolute atomic E-state index is 0.250. The molecule has 2 amide bonds. The minimum atomic E-state index is -0.844. The highest BCUT2D eigenvalue weighted by atomic mass is 16.3. The number of carbonyl (C=O) groups is 2. The largest absolute Gasteiger partial charge is 0.373 e. The molecule has 1 atom stereocenters. The van der Waals surface area contributed by atoms with Crippen molar-refractivity contribution in [3.05, 3.63) is 25.3 Å². The summed E-state index contributed by atoms with van der Waals surface area (Å²) in [5.41, 5.74) is 4.17. The topological polar surface area (TPSA) is 92.4 Å². The predicted molar refractivity (Wildman–Crippen MR) is 49.4 cm³/mol. The van der Waals surface area contributed by atoms with E-state index in [2.05, 4.69) is 24.2 Å². The normalized spacial score (nSPS) is 9.92. The first kappa shape index (κ1) is 13.9. The molecule has 0 aromatic heterocycles. The van der Waals surface area contributed by atoms with Gasteiger partial charge in [-0.25, -0.2) is 0 Å². The van der Waals surface area contributed by atoms with Gasteiger partial charge in [-0.05, 0) is 6.08 Å². The summed E-state index contributed by atoms with van der Waals surface area (Å²) in [5, 5.41) is 11.2. The van der Waals surface area contributed by atoms with Gasteiger partial charge >= 0.3 is 0 Å². The maximum Gasteiger partial charge on any atom is 0.245 e. The van der Waals surface area contributed by atoms with Crippen LogP contribution in [-0.2, 0) is 9.59 Å². The Balaban J connectivity index is 0.